The molecule has 14 heavy (non-hydrogen) atoms. The molecule has 3 nitrogen and oxygen atoms in total. The topological polar surface area (TPSA) is 29.3 Å². The van der Waals surface area contributed by atoms with Crippen molar-refractivity contribution in [2.24, 2.45) is 0 Å². The van der Waals surface area contributed by atoms with Gasteiger partial charge in [0.2, 0.25) is 0 Å². The van der Waals surface area contributed by atoms with Gasteiger partial charge in [-0.3, -0.25) is 4.40 Å². The van der Waals surface area contributed by atoms with Crippen molar-refractivity contribution in [3.8, 4) is 12.3 Å². The highest BCUT2D eigenvalue weighted by atomic mass is 15.1. The number of pyridine rings is 1. The third-order valence-electron chi connectivity index (χ3n) is 2.00. The van der Waals surface area contributed by atoms with Crippen LogP contribution >= 0.6 is 0 Å². The first-order valence-corrected chi connectivity index (χ1v) is 4.51. The Morgan fingerprint density at radius 3 is 3.29 bits per heavy atom. The quantitative estimate of drug-likeness (QED) is 0.583. The Kier molecular flexibility index (Phi) is 2.37. The molecule has 0 unspecified atom stereocenters. The normalized spacial score (nSPS) is 9.93. The molecule has 0 saturated heterocycles. The summed E-state index contributed by atoms with van der Waals surface area (Å²) in [6, 6.07) is 5.94. The number of terminal acetylenes is 1. The summed E-state index contributed by atoms with van der Waals surface area (Å²) in [6.45, 7) is 0.786. The van der Waals surface area contributed by atoms with Gasteiger partial charge in [-0.25, -0.2) is 4.98 Å². The van der Waals surface area contributed by atoms with Crippen molar-refractivity contribution in [3.05, 3.63) is 30.6 Å². The fraction of sp³-hybridized carbons (Fsp3) is 0.182. The number of anilines is 1. The number of rotatable bonds is 3. The van der Waals surface area contributed by atoms with E-state index in [-0.39, 0.29) is 0 Å². The van der Waals surface area contributed by atoms with Crippen molar-refractivity contribution in [1.82, 2.24) is 9.38 Å². The Hall–Kier alpha value is -1.95. The van der Waals surface area contributed by atoms with Crippen LogP contribution < -0.4 is 5.32 Å². The van der Waals surface area contributed by atoms with Crippen LogP contribution in [0.1, 0.15) is 6.42 Å². The van der Waals surface area contributed by atoms with Crippen LogP contribution in [0.3, 0.4) is 0 Å². The lowest BCUT2D eigenvalue weighted by atomic mass is 10.4. The fourth-order valence-corrected chi connectivity index (χ4v) is 1.35. The van der Waals surface area contributed by atoms with Crippen LogP contribution in [-0.2, 0) is 0 Å². The standard InChI is InChI=1S/C11H11N3/c1-2-3-7-12-10-5-4-6-11-13-8-9-14(10)11/h1,4-6,8-9,12H,3,7H2. The average molecular weight is 185 g/mol. The number of aromatic nitrogens is 2. The molecule has 70 valence electrons. The van der Waals surface area contributed by atoms with Crippen molar-refractivity contribution in [1.29, 1.82) is 0 Å². The first-order valence-electron chi connectivity index (χ1n) is 4.51. The zero-order valence-electron chi connectivity index (χ0n) is 7.77. The Morgan fingerprint density at radius 1 is 1.50 bits per heavy atom. The van der Waals surface area contributed by atoms with E-state index in [9.17, 15) is 0 Å². The maximum absolute atomic E-state index is 5.18. The van der Waals surface area contributed by atoms with Crippen LogP contribution in [0.4, 0.5) is 5.82 Å². The van der Waals surface area contributed by atoms with Gasteiger partial charge in [0, 0.05) is 25.4 Å². The second-order valence-corrected chi connectivity index (χ2v) is 2.95. The van der Waals surface area contributed by atoms with Gasteiger partial charge in [-0.2, -0.15) is 0 Å². The summed E-state index contributed by atoms with van der Waals surface area (Å²) in [7, 11) is 0. The number of hydrogen-bond acceptors (Lipinski definition) is 2. The molecular formula is C11H11N3. The monoisotopic (exact) mass is 185 g/mol. The summed E-state index contributed by atoms with van der Waals surface area (Å²) in [4.78, 5) is 4.19. The fourth-order valence-electron chi connectivity index (χ4n) is 1.35. The Labute approximate surface area is 82.8 Å². The summed E-state index contributed by atoms with van der Waals surface area (Å²) in [6.07, 6.45) is 9.61. The van der Waals surface area contributed by atoms with Gasteiger partial charge in [0.05, 0.1) is 0 Å². The number of hydrogen-bond donors (Lipinski definition) is 1. The molecule has 0 radical (unpaired) electrons. The third-order valence-corrected chi connectivity index (χ3v) is 2.00. The molecule has 2 aromatic heterocycles. The molecule has 2 rings (SSSR count). The highest BCUT2D eigenvalue weighted by Crippen LogP contribution is 2.10. The minimum atomic E-state index is 0.727. The van der Waals surface area contributed by atoms with Gasteiger partial charge in [-0.05, 0) is 12.1 Å². The minimum absolute atomic E-state index is 0.727. The van der Waals surface area contributed by atoms with Gasteiger partial charge in [0.1, 0.15) is 11.5 Å². The molecular weight excluding hydrogens is 174 g/mol. The zero-order chi connectivity index (χ0) is 9.80. The summed E-state index contributed by atoms with van der Waals surface area (Å²) in [5.74, 6) is 3.62. The highest BCUT2D eigenvalue weighted by molar-refractivity contribution is 5.49. The molecule has 0 spiro atoms. The van der Waals surface area contributed by atoms with E-state index < -0.39 is 0 Å². The molecule has 0 fully saturated rings. The first-order chi connectivity index (χ1) is 6.92. The predicted molar refractivity (Wildman–Crippen MR) is 57.1 cm³/mol. The average Bonchev–Trinajstić information content (AvgIpc) is 2.67. The molecule has 2 heterocycles. The molecule has 0 aliphatic carbocycles. The molecule has 0 atom stereocenters. The highest BCUT2D eigenvalue weighted by Gasteiger charge is 1.97. The van der Waals surface area contributed by atoms with Crippen LogP contribution in [0, 0.1) is 12.3 Å². The number of fused-ring (bicyclic) bond motifs is 1. The van der Waals surface area contributed by atoms with Gasteiger partial charge in [-0.15, -0.1) is 12.3 Å². The van der Waals surface area contributed by atoms with E-state index in [1.165, 1.54) is 0 Å². The molecule has 0 aliphatic rings. The molecule has 1 N–H and O–H groups in total. The van der Waals surface area contributed by atoms with Crippen molar-refractivity contribution in [2.75, 3.05) is 11.9 Å². The number of imidazole rings is 1. The third kappa shape index (κ3) is 1.55. The van der Waals surface area contributed by atoms with E-state index in [2.05, 4.69) is 16.2 Å². The van der Waals surface area contributed by atoms with Crippen molar-refractivity contribution in [2.45, 2.75) is 6.42 Å². The van der Waals surface area contributed by atoms with E-state index in [4.69, 9.17) is 6.42 Å². The molecule has 2 aromatic rings. The molecule has 0 aliphatic heterocycles. The van der Waals surface area contributed by atoms with E-state index >= 15 is 0 Å². The number of nitrogens with one attached hydrogen (secondary N) is 1. The minimum Gasteiger partial charge on any atom is -0.370 e. The Bertz CT molecular complexity index is 465. The van der Waals surface area contributed by atoms with Gasteiger partial charge in [-0.1, -0.05) is 6.07 Å². The Morgan fingerprint density at radius 2 is 2.43 bits per heavy atom. The largest absolute Gasteiger partial charge is 0.370 e. The van der Waals surface area contributed by atoms with Crippen LogP contribution in [0.15, 0.2) is 30.6 Å². The molecule has 0 saturated carbocycles. The second kappa shape index (κ2) is 3.84. The molecule has 0 amide bonds. The first kappa shape index (κ1) is 8.64. The van der Waals surface area contributed by atoms with Gasteiger partial charge in [0.25, 0.3) is 0 Å². The number of nitrogens with zero attached hydrogens (tertiary/aromatic N) is 2. The Balaban J connectivity index is 2.24. The summed E-state index contributed by atoms with van der Waals surface area (Å²) in [5, 5.41) is 3.26. The zero-order valence-corrected chi connectivity index (χ0v) is 7.77. The van der Waals surface area contributed by atoms with Gasteiger partial charge < -0.3 is 5.32 Å². The second-order valence-electron chi connectivity index (χ2n) is 2.95. The summed E-state index contributed by atoms with van der Waals surface area (Å²) >= 11 is 0. The van der Waals surface area contributed by atoms with Crippen LogP contribution in [0.25, 0.3) is 5.65 Å². The summed E-state index contributed by atoms with van der Waals surface area (Å²) in [5.41, 5.74) is 0.940. The lowest BCUT2D eigenvalue weighted by Crippen LogP contribution is -2.04. The maximum Gasteiger partial charge on any atom is 0.138 e. The van der Waals surface area contributed by atoms with Crippen molar-refractivity contribution < 1.29 is 0 Å². The van der Waals surface area contributed by atoms with Crippen LogP contribution in [-0.4, -0.2) is 15.9 Å². The maximum atomic E-state index is 5.18. The molecule has 0 aromatic carbocycles. The van der Waals surface area contributed by atoms with Gasteiger partial charge in [0.15, 0.2) is 0 Å². The van der Waals surface area contributed by atoms with Crippen molar-refractivity contribution >= 4 is 11.5 Å². The van der Waals surface area contributed by atoms with Crippen LogP contribution in [0.5, 0.6) is 0 Å². The van der Waals surface area contributed by atoms with E-state index in [1.54, 1.807) is 6.20 Å². The van der Waals surface area contributed by atoms with E-state index in [1.807, 2.05) is 28.8 Å². The van der Waals surface area contributed by atoms with E-state index in [0.29, 0.717) is 0 Å². The smallest absolute Gasteiger partial charge is 0.138 e. The van der Waals surface area contributed by atoms with Crippen molar-refractivity contribution in [3.63, 3.8) is 0 Å². The van der Waals surface area contributed by atoms with Crippen LogP contribution in [0.2, 0.25) is 0 Å². The van der Waals surface area contributed by atoms with E-state index in [0.717, 1.165) is 24.4 Å². The molecule has 0 bridgehead atoms. The molecule has 3 heteroatoms. The summed E-state index contributed by atoms with van der Waals surface area (Å²) < 4.78 is 2.00. The predicted octanol–water partition coefficient (Wildman–Crippen LogP) is 1.77. The SMILES string of the molecule is C#CCCNc1cccc2nccn12. The lowest BCUT2D eigenvalue weighted by molar-refractivity contribution is 1.05. The lowest BCUT2D eigenvalue weighted by Gasteiger charge is -2.06. The van der Waals surface area contributed by atoms with Gasteiger partial charge >= 0.3 is 0 Å².